The number of terminal acetylenes is 1. The summed E-state index contributed by atoms with van der Waals surface area (Å²) in [6, 6.07) is -1.07. The first-order valence-electron chi connectivity index (χ1n) is 7.30. The van der Waals surface area contributed by atoms with Crippen LogP contribution in [0.5, 0.6) is 0 Å². The van der Waals surface area contributed by atoms with E-state index in [4.69, 9.17) is 15.9 Å². The number of carbonyl (C=O) groups is 3. The molecule has 2 amide bonds. The number of likely N-dealkylation sites (tertiary alicyclic amines) is 1. The molecule has 1 rings (SSSR count). The molecule has 0 radical (unpaired) electrons. The number of ether oxygens (including phenoxy) is 2. The van der Waals surface area contributed by atoms with Crippen molar-refractivity contribution in [2.75, 3.05) is 0 Å². The fourth-order valence-corrected chi connectivity index (χ4v) is 1.98. The Bertz CT molecular complexity index is 584. The maximum absolute atomic E-state index is 12.4. The van der Waals surface area contributed by atoms with Gasteiger partial charge in [-0.2, -0.15) is 0 Å². The molecule has 0 aromatic heterocycles. The van der Waals surface area contributed by atoms with Gasteiger partial charge in [-0.15, -0.1) is 6.42 Å². The molecule has 126 valence electrons. The summed E-state index contributed by atoms with van der Waals surface area (Å²) in [5.41, 5.74) is -1.33. The van der Waals surface area contributed by atoms with E-state index in [1.165, 1.54) is 6.08 Å². The van der Waals surface area contributed by atoms with E-state index in [2.05, 4.69) is 5.92 Å². The molecule has 0 bridgehead atoms. The average Bonchev–Trinajstić information content (AvgIpc) is 2.63. The maximum atomic E-state index is 12.4. The van der Waals surface area contributed by atoms with Gasteiger partial charge in [0.1, 0.15) is 17.2 Å². The standard InChI is InChI=1S/C17H23NO5/c1-8-9-11-10-12(14(20)22-16(2,3)4)18(13(11)19)15(21)23-17(5,6)7/h1,9,12H,10H2,2-7H3/b11-9+/t12-/m0/s1. The Balaban J connectivity index is 3.12. The molecule has 0 aromatic rings. The average molecular weight is 321 g/mol. The minimum Gasteiger partial charge on any atom is -0.458 e. The van der Waals surface area contributed by atoms with E-state index in [1.54, 1.807) is 41.5 Å². The number of nitrogens with zero attached hydrogens (tertiary/aromatic N) is 1. The number of imide groups is 1. The Morgan fingerprint density at radius 3 is 2.13 bits per heavy atom. The molecule has 0 spiro atoms. The molecule has 0 aliphatic carbocycles. The Morgan fingerprint density at radius 2 is 1.70 bits per heavy atom. The molecular weight excluding hydrogens is 298 g/mol. The fraction of sp³-hybridized carbons (Fsp3) is 0.588. The lowest BCUT2D eigenvalue weighted by molar-refractivity contribution is -0.161. The second-order valence-electron chi connectivity index (χ2n) is 7.25. The molecule has 6 heteroatoms. The van der Waals surface area contributed by atoms with Gasteiger partial charge in [-0.3, -0.25) is 4.79 Å². The minimum atomic E-state index is -1.07. The van der Waals surface area contributed by atoms with Crippen molar-refractivity contribution >= 4 is 18.0 Å². The highest BCUT2D eigenvalue weighted by molar-refractivity contribution is 6.09. The van der Waals surface area contributed by atoms with E-state index in [0.717, 1.165) is 4.90 Å². The smallest absolute Gasteiger partial charge is 0.418 e. The van der Waals surface area contributed by atoms with Gasteiger partial charge < -0.3 is 9.47 Å². The summed E-state index contributed by atoms with van der Waals surface area (Å²) in [6.07, 6.45) is 5.56. The quantitative estimate of drug-likeness (QED) is 0.421. The Morgan fingerprint density at radius 1 is 1.17 bits per heavy atom. The van der Waals surface area contributed by atoms with Crippen LogP contribution >= 0.6 is 0 Å². The largest absolute Gasteiger partial charge is 0.458 e. The number of allylic oxidation sites excluding steroid dienone is 1. The second-order valence-corrected chi connectivity index (χ2v) is 7.25. The lowest BCUT2D eigenvalue weighted by Crippen LogP contribution is -2.47. The molecule has 1 aliphatic rings. The molecule has 1 fully saturated rings. The van der Waals surface area contributed by atoms with Crippen LogP contribution in [0.2, 0.25) is 0 Å². The molecule has 0 unspecified atom stereocenters. The van der Waals surface area contributed by atoms with Crippen molar-refractivity contribution in [3.8, 4) is 12.3 Å². The van der Waals surface area contributed by atoms with E-state index < -0.39 is 35.2 Å². The van der Waals surface area contributed by atoms with Crippen LogP contribution in [0.1, 0.15) is 48.0 Å². The van der Waals surface area contributed by atoms with E-state index in [1.807, 2.05) is 0 Å². The van der Waals surface area contributed by atoms with Crippen LogP contribution in [0.25, 0.3) is 0 Å². The summed E-state index contributed by atoms with van der Waals surface area (Å²) in [7, 11) is 0. The maximum Gasteiger partial charge on any atom is 0.418 e. The monoisotopic (exact) mass is 321 g/mol. The highest BCUT2D eigenvalue weighted by Crippen LogP contribution is 2.28. The van der Waals surface area contributed by atoms with E-state index in [-0.39, 0.29) is 12.0 Å². The molecule has 6 nitrogen and oxygen atoms in total. The van der Waals surface area contributed by atoms with Gasteiger partial charge in [-0.25, -0.2) is 14.5 Å². The van der Waals surface area contributed by atoms with E-state index in [9.17, 15) is 14.4 Å². The van der Waals surface area contributed by atoms with Crippen LogP contribution in [-0.2, 0) is 19.1 Å². The highest BCUT2D eigenvalue weighted by Gasteiger charge is 2.46. The molecule has 23 heavy (non-hydrogen) atoms. The van der Waals surface area contributed by atoms with Crippen LogP contribution in [0.4, 0.5) is 4.79 Å². The number of hydrogen-bond acceptors (Lipinski definition) is 5. The summed E-state index contributed by atoms with van der Waals surface area (Å²) >= 11 is 0. The molecule has 1 heterocycles. The third-order valence-electron chi connectivity index (χ3n) is 2.75. The second kappa shape index (κ2) is 6.45. The van der Waals surface area contributed by atoms with Gasteiger partial charge in [0.05, 0.1) is 0 Å². The topological polar surface area (TPSA) is 72.9 Å². The van der Waals surface area contributed by atoms with Gasteiger partial charge in [0, 0.05) is 12.0 Å². The van der Waals surface area contributed by atoms with Crippen LogP contribution in [-0.4, -0.2) is 40.1 Å². The number of rotatable bonds is 1. The summed E-state index contributed by atoms with van der Waals surface area (Å²) in [4.78, 5) is 37.8. The van der Waals surface area contributed by atoms with Gasteiger partial charge >= 0.3 is 12.1 Å². The van der Waals surface area contributed by atoms with Crippen LogP contribution in [0, 0.1) is 12.3 Å². The van der Waals surface area contributed by atoms with Crippen LogP contribution in [0.3, 0.4) is 0 Å². The van der Waals surface area contributed by atoms with Crippen molar-refractivity contribution in [1.29, 1.82) is 0 Å². The lowest BCUT2D eigenvalue weighted by atomic mass is 10.1. The van der Waals surface area contributed by atoms with E-state index >= 15 is 0 Å². The van der Waals surface area contributed by atoms with Crippen LogP contribution < -0.4 is 0 Å². The molecule has 0 aromatic carbocycles. The lowest BCUT2D eigenvalue weighted by Gasteiger charge is -2.28. The van der Waals surface area contributed by atoms with Gasteiger partial charge in [0.25, 0.3) is 5.91 Å². The van der Waals surface area contributed by atoms with Crippen molar-refractivity contribution in [2.24, 2.45) is 0 Å². The minimum absolute atomic E-state index is 0.0111. The summed E-state index contributed by atoms with van der Waals surface area (Å²) in [5.74, 6) is 0.941. The molecule has 1 saturated heterocycles. The predicted molar refractivity (Wildman–Crippen MR) is 84.2 cm³/mol. The van der Waals surface area contributed by atoms with Crippen molar-refractivity contribution in [3.05, 3.63) is 11.6 Å². The van der Waals surface area contributed by atoms with E-state index in [0.29, 0.717) is 0 Å². The van der Waals surface area contributed by atoms with Gasteiger partial charge in [-0.1, -0.05) is 5.92 Å². The van der Waals surface area contributed by atoms with Crippen LogP contribution in [0.15, 0.2) is 11.6 Å². The highest BCUT2D eigenvalue weighted by atomic mass is 16.6. The third-order valence-corrected chi connectivity index (χ3v) is 2.75. The zero-order chi connectivity index (χ0) is 18.0. The summed E-state index contributed by atoms with van der Waals surface area (Å²) in [5, 5.41) is 0. The zero-order valence-corrected chi connectivity index (χ0v) is 14.4. The number of hydrogen-bond donors (Lipinski definition) is 0. The number of esters is 1. The number of amides is 2. The Kier molecular flexibility index (Phi) is 5.26. The van der Waals surface area contributed by atoms with Crippen molar-refractivity contribution in [2.45, 2.75) is 65.2 Å². The molecule has 0 saturated carbocycles. The van der Waals surface area contributed by atoms with Gasteiger partial charge in [-0.05, 0) is 47.6 Å². The number of carbonyl (C=O) groups excluding carboxylic acids is 3. The normalized spacial score (nSPS) is 20.4. The molecule has 1 atom stereocenters. The van der Waals surface area contributed by atoms with Crippen molar-refractivity contribution in [3.63, 3.8) is 0 Å². The Hall–Kier alpha value is -2.29. The zero-order valence-electron chi connectivity index (χ0n) is 14.4. The first-order valence-corrected chi connectivity index (χ1v) is 7.30. The first kappa shape index (κ1) is 18.8. The Labute approximate surface area is 136 Å². The SMILES string of the molecule is C#C/C=C1\C[C@@H](C(=O)OC(C)(C)C)N(C(=O)OC(C)(C)C)C1=O. The van der Waals surface area contributed by atoms with Crippen molar-refractivity contribution in [1.82, 2.24) is 4.90 Å². The van der Waals surface area contributed by atoms with Gasteiger partial charge in [0.15, 0.2) is 0 Å². The molecular formula is C17H23NO5. The third kappa shape index (κ3) is 5.13. The van der Waals surface area contributed by atoms with Gasteiger partial charge in [0.2, 0.25) is 0 Å². The summed E-state index contributed by atoms with van der Waals surface area (Å²) < 4.78 is 10.5. The molecule has 1 aliphatic heterocycles. The van der Waals surface area contributed by atoms with Crippen molar-refractivity contribution < 1.29 is 23.9 Å². The first-order chi connectivity index (χ1) is 10.4. The fourth-order valence-electron chi connectivity index (χ4n) is 1.98. The predicted octanol–water partition coefficient (Wildman–Crippen LogP) is 2.42. The summed E-state index contributed by atoms with van der Waals surface area (Å²) in [6.45, 7) is 10.1. The molecule has 0 N–H and O–H groups in total.